The molecule has 0 aliphatic rings. The van der Waals surface area contributed by atoms with Gasteiger partial charge in [-0.3, -0.25) is 0 Å². The van der Waals surface area contributed by atoms with Crippen molar-refractivity contribution in [1.82, 2.24) is 10.2 Å². The van der Waals surface area contributed by atoms with E-state index in [1.807, 2.05) is 18.4 Å². The van der Waals surface area contributed by atoms with E-state index in [1.165, 1.54) is 11.3 Å². The fourth-order valence-corrected chi connectivity index (χ4v) is 1.59. The van der Waals surface area contributed by atoms with Crippen LogP contribution < -0.4 is 0 Å². The van der Waals surface area contributed by atoms with Crippen molar-refractivity contribution in [3.05, 3.63) is 22.7 Å². The van der Waals surface area contributed by atoms with Crippen LogP contribution in [0.15, 0.2) is 22.3 Å². The van der Waals surface area contributed by atoms with Gasteiger partial charge in [-0.1, -0.05) is 0 Å². The zero-order valence-electron chi connectivity index (χ0n) is 8.14. The van der Waals surface area contributed by atoms with Crippen LogP contribution in [-0.2, 0) is 4.57 Å². The van der Waals surface area contributed by atoms with Gasteiger partial charge >= 0.3 is 7.82 Å². The number of phosphoric acid groups is 1. The molecule has 0 bridgehead atoms. The number of nitrogens with zero attached hydrogens (tertiary/aromatic N) is 2. The second-order valence-corrected chi connectivity index (χ2v) is 4.79. The van der Waals surface area contributed by atoms with Gasteiger partial charge in [0.15, 0.2) is 0 Å². The fraction of sp³-hybridized carbons (Fsp3) is 0.143. The van der Waals surface area contributed by atoms with Crippen LogP contribution in [0.2, 0.25) is 0 Å². The maximum Gasteiger partial charge on any atom is 0.466 e. The molecule has 0 aliphatic carbocycles. The van der Waals surface area contributed by atoms with E-state index in [2.05, 4.69) is 10.2 Å². The molecule has 0 saturated heterocycles. The Hall–Kier alpha value is -1.05. The molecule has 3 N–H and O–H groups in total. The van der Waals surface area contributed by atoms with Gasteiger partial charge in [0.2, 0.25) is 12.3 Å². The first-order valence-electron chi connectivity index (χ1n) is 3.97. The lowest BCUT2D eigenvalue weighted by molar-refractivity contribution is 0.275. The Morgan fingerprint density at radius 3 is 2.44 bits per heavy atom. The van der Waals surface area contributed by atoms with Crippen LogP contribution >= 0.6 is 19.2 Å². The molecule has 16 heavy (non-hydrogen) atoms. The molecule has 0 aliphatic heterocycles. The van der Waals surface area contributed by atoms with Crippen molar-refractivity contribution >= 4 is 19.2 Å². The molecule has 0 atom stereocenters. The molecule has 2 heterocycles. The summed E-state index contributed by atoms with van der Waals surface area (Å²) in [5.41, 5.74) is 1.03. The highest BCUT2D eigenvalue weighted by Crippen LogP contribution is 2.26. The number of aryl methyl sites for hydroxylation is 1. The monoisotopic (exact) mass is 264 g/mol. The van der Waals surface area contributed by atoms with Gasteiger partial charge in [0.05, 0.1) is 5.56 Å². The summed E-state index contributed by atoms with van der Waals surface area (Å²) >= 11 is 1.67. The molecular weight excluding hydrogens is 255 g/mol. The van der Waals surface area contributed by atoms with Gasteiger partial charge in [0.25, 0.3) is 0 Å². The Morgan fingerprint density at radius 2 is 2.06 bits per heavy atom. The van der Waals surface area contributed by atoms with Gasteiger partial charge in [0.1, 0.15) is 0 Å². The summed E-state index contributed by atoms with van der Waals surface area (Å²) in [5, 5.41) is 9.43. The van der Waals surface area contributed by atoms with E-state index in [1.54, 1.807) is 11.3 Å². The van der Waals surface area contributed by atoms with E-state index >= 15 is 0 Å². The molecule has 0 amide bonds. The SMILES string of the molecule is Cc1sccc1-c1nnco1.O=P(O)(O)O. The van der Waals surface area contributed by atoms with Crippen molar-refractivity contribution < 1.29 is 23.7 Å². The topological polar surface area (TPSA) is 117 Å². The summed E-state index contributed by atoms with van der Waals surface area (Å²) in [6.45, 7) is 2.03. The first-order chi connectivity index (χ1) is 7.38. The smallest absolute Gasteiger partial charge is 0.423 e. The Morgan fingerprint density at radius 1 is 1.44 bits per heavy atom. The Bertz CT molecular complexity index is 468. The van der Waals surface area contributed by atoms with Crippen molar-refractivity contribution in [2.75, 3.05) is 0 Å². The fourth-order valence-electron chi connectivity index (χ4n) is 0.897. The largest absolute Gasteiger partial charge is 0.466 e. The Kier molecular flexibility index (Phi) is 4.34. The lowest BCUT2D eigenvalue weighted by Crippen LogP contribution is -1.75. The quantitative estimate of drug-likeness (QED) is 0.662. The number of rotatable bonds is 1. The van der Waals surface area contributed by atoms with Crippen LogP contribution in [0, 0.1) is 6.92 Å². The molecule has 88 valence electrons. The third-order valence-corrected chi connectivity index (χ3v) is 2.29. The number of hydrogen-bond donors (Lipinski definition) is 3. The normalized spacial score (nSPS) is 10.8. The highest BCUT2D eigenvalue weighted by atomic mass is 32.1. The van der Waals surface area contributed by atoms with E-state index in [9.17, 15) is 0 Å². The second-order valence-electron chi connectivity index (χ2n) is 2.65. The van der Waals surface area contributed by atoms with E-state index in [0.29, 0.717) is 5.89 Å². The molecule has 2 aromatic rings. The van der Waals surface area contributed by atoms with Crippen LogP contribution in [0.4, 0.5) is 0 Å². The summed E-state index contributed by atoms with van der Waals surface area (Å²) in [7, 11) is -4.64. The van der Waals surface area contributed by atoms with Crippen molar-refractivity contribution in [2.45, 2.75) is 6.92 Å². The zero-order valence-corrected chi connectivity index (χ0v) is 9.85. The number of hydrogen-bond acceptors (Lipinski definition) is 5. The minimum absolute atomic E-state index is 0.601. The van der Waals surface area contributed by atoms with Crippen LogP contribution in [-0.4, -0.2) is 24.9 Å². The maximum atomic E-state index is 8.88. The molecule has 0 radical (unpaired) electrons. The van der Waals surface area contributed by atoms with E-state index in [4.69, 9.17) is 23.7 Å². The van der Waals surface area contributed by atoms with E-state index in [-0.39, 0.29) is 0 Å². The van der Waals surface area contributed by atoms with Crippen molar-refractivity contribution in [2.24, 2.45) is 0 Å². The zero-order chi connectivity index (χ0) is 12.2. The van der Waals surface area contributed by atoms with E-state index in [0.717, 1.165) is 5.56 Å². The molecule has 0 unspecified atom stereocenters. The van der Waals surface area contributed by atoms with Crippen molar-refractivity contribution in [1.29, 1.82) is 0 Å². The molecule has 7 nitrogen and oxygen atoms in total. The average Bonchev–Trinajstić information content (AvgIpc) is 2.69. The Balaban J connectivity index is 0.000000221. The summed E-state index contributed by atoms with van der Waals surface area (Å²) < 4.78 is 13.9. The molecule has 2 aromatic heterocycles. The van der Waals surface area contributed by atoms with Crippen LogP contribution in [0.1, 0.15) is 4.88 Å². The molecule has 0 aromatic carbocycles. The summed E-state index contributed by atoms with van der Waals surface area (Å²) in [4.78, 5) is 22.8. The van der Waals surface area contributed by atoms with Gasteiger partial charge in [-0.25, -0.2) is 4.57 Å². The lowest BCUT2D eigenvalue weighted by atomic mass is 10.3. The van der Waals surface area contributed by atoms with Crippen molar-refractivity contribution in [3.63, 3.8) is 0 Å². The van der Waals surface area contributed by atoms with Crippen LogP contribution in [0.5, 0.6) is 0 Å². The van der Waals surface area contributed by atoms with Crippen LogP contribution in [0.25, 0.3) is 11.5 Å². The molecule has 0 spiro atoms. The maximum absolute atomic E-state index is 8.88. The minimum atomic E-state index is -4.64. The van der Waals surface area contributed by atoms with Gasteiger partial charge in [0, 0.05) is 4.88 Å². The standard InChI is InChI=1S/C7H6N2OS.H3O4P/c1-5-6(2-3-11-5)7-9-8-4-10-7;1-5(2,3)4/h2-4H,1H3;(H3,1,2,3,4). The summed E-state index contributed by atoms with van der Waals surface area (Å²) in [5.74, 6) is 0.601. The van der Waals surface area contributed by atoms with Gasteiger partial charge in [-0.05, 0) is 18.4 Å². The molecular formula is C7H9N2O5PS. The molecule has 2 rings (SSSR count). The average molecular weight is 264 g/mol. The second kappa shape index (κ2) is 5.33. The van der Waals surface area contributed by atoms with E-state index < -0.39 is 7.82 Å². The van der Waals surface area contributed by atoms with Crippen LogP contribution in [0.3, 0.4) is 0 Å². The Labute approximate surface area is 94.6 Å². The highest BCUT2D eigenvalue weighted by Gasteiger charge is 2.06. The minimum Gasteiger partial charge on any atom is -0.423 e. The van der Waals surface area contributed by atoms with Gasteiger partial charge in [-0.2, -0.15) is 0 Å². The summed E-state index contributed by atoms with van der Waals surface area (Å²) in [6, 6.07) is 1.98. The predicted octanol–water partition coefficient (Wildman–Crippen LogP) is 1.18. The highest BCUT2D eigenvalue weighted by molar-refractivity contribution is 7.45. The van der Waals surface area contributed by atoms with Gasteiger partial charge < -0.3 is 19.1 Å². The number of aromatic nitrogens is 2. The number of thiophene rings is 1. The molecule has 0 fully saturated rings. The molecule has 9 heteroatoms. The molecule has 0 saturated carbocycles. The first-order valence-corrected chi connectivity index (χ1v) is 6.41. The first kappa shape index (κ1) is 13.0. The third kappa shape index (κ3) is 4.65. The van der Waals surface area contributed by atoms with Crippen molar-refractivity contribution in [3.8, 4) is 11.5 Å². The lowest BCUT2D eigenvalue weighted by Gasteiger charge is -1.88. The third-order valence-electron chi connectivity index (χ3n) is 1.45. The predicted molar refractivity (Wildman–Crippen MR) is 56.6 cm³/mol. The summed E-state index contributed by atoms with van der Waals surface area (Å²) in [6.07, 6.45) is 1.34. The van der Waals surface area contributed by atoms with Gasteiger partial charge in [-0.15, -0.1) is 21.5 Å².